The Morgan fingerprint density at radius 1 is 0.452 bits per heavy atom. The van der Waals surface area contributed by atoms with Gasteiger partial charge in [-0.3, -0.25) is 9.55 Å². The summed E-state index contributed by atoms with van der Waals surface area (Å²) in [4.78, 5) is 10.6. The van der Waals surface area contributed by atoms with Crippen molar-refractivity contribution in [3.8, 4) is 73.2 Å². The van der Waals surface area contributed by atoms with E-state index in [4.69, 9.17) is 14.1 Å². The zero-order valence-corrected chi connectivity index (χ0v) is 41.6. The van der Waals surface area contributed by atoms with Gasteiger partial charge in [-0.25, -0.2) is 4.98 Å². The van der Waals surface area contributed by atoms with Gasteiger partial charge in [0.05, 0.1) is 39.0 Å². The van der Waals surface area contributed by atoms with Crippen LogP contribution in [-0.4, -0.2) is 24.2 Å². The highest BCUT2D eigenvalue weighted by Gasteiger charge is 2.26. The maximum atomic E-state index is 12.5. The lowest BCUT2D eigenvalue weighted by Crippen LogP contribution is -2.18. The van der Waals surface area contributed by atoms with Crippen LogP contribution in [0.3, 0.4) is 0 Å². The van der Waals surface area contributed by atoms with E-state index in [-0.39, 0.29) is 22.1 Å². The number of phenolic OH excluding ortho intramolecular Hbond substituents is 1. The molecule has 0 spiro atoms. The Balaban J connectivity index is 1.07. The number of aromatic hydroxyl groups is 1. The fraction of sp³-hybridized carbons (Fsp3) is 0.118. The largest absolute Gasteiger partial charge is 0.507 e. The van der Waals surface area contributed by atoms with Crippen LogP contribution in [0.2, 0.25) is 0 Å². The average Bonchev–Trinajstić information content (AvgIpc) is 3.98. The highest BCUT2D eigenvalue weighted by Crippen LogP contribution is 2.45. The van der Waals surface area contributed by atoms with Crippen molar-refractivity contribution in [2.45, 2.75) is 52.3 Å². The molecule has 0 amide bonds. The molecule has 0 radical (unpaired) electrons. The van der Waals surface area contributed by atoms with E-state index in [1.807, 2.05) is 79.0 Å². The SMILES string of the molecule is [2H]C([2H])([2H])c1ccc(-n2c(-c3cc4c5ccccc5n(-c5ccccc5)c4cc3O)nc3c(-c4cc(-c5cc(-c6ccc(C(C)(C)c7ccccc7)cc6)ccn5)cc(C(C)(C)C)c4)cccc32)c(-c2ccccc2)c1. The minimum atomic E-state index is -2.35. The molecule has 5 heteroatoms. The van der Waals surface area contributed by atoms with E-state index >= 15 is 0 Å². The number of aromatic nitrogens is 4. The Morgan fingerprint density at radius 2 is 1.14 bits per heavy atom. The lowest BCUT2D eigenvalue weighted by atomic mass is 9.78. The normalized spacial score (nSPS) is 12.8. The number of nitrogens with zero attached hydrogens (tertiary/aromatic N) is 4. The lowest BCUT2D eigenvalue weighted by molar-refractivity contribution is 0.477. The van der Waals surface area contributed by atoms with Gasteiger partial charge in [-0.1, -0.05) is 186 Å². The molecule has 0 saturated heterocycles. The van der Waals surface area contributed by atoms with E-state index in [0.29, 0.717) is 11.4 Å². The van der Waals surface area contributed by atoms with Gasteiger partial charge >= 0.3 is 0 Å². The summed E-state index contributed by atoms with van der Waals surface area (Å²) < 4.78 is 29.7. The number of fused-ring (bicyclic) bond motifs is 4. The molecular weight excluding hydrogens is 889 g/mol. The van der Waals surface area contributed by atoms with Crippen LogP contribution in [0.5, 0.6) is 5.75 Å². The fourth-order valence-electron chi connectivity index (χ4n) is 10.6. The zero-order valence-electron chi connectivity index (χ0n) is 44.6. The minimum absolute atomic E-state index is 0.0588. The monoisotopic (exact) mass is 947 g/mol. The van der Waals surface area contributed by atoms with E-state index in [0.717, 1.165) is 94.4 Å². The second-order valence-electron chi connectivity index (χ2n) is 20.7. The topological polar surface area (TPSA) is 55.9 Å². The van der Waals surface area contributed by atoms with Crippen molar-refractivity contribution in [1.82, 2.24) is 19.1 Å². The molecule has 0 fully saturated rings. The first-order chi connectivity index (χ1) is 36.6. The molecule has 0 atom stereocenters. The number of aryl methyl sites for hydroxylation is 1. The van der Waals surface area contributed by atoms with Crippen LogP contribution in [0.15, 0.2) is 225 Å². The fourth-order valence-corrected chi connectivity index (χ4v) is 10.6. The molecule has 3 aromatic heterocycles. The number of phenols is 1. The van der Waals surface area contributed by atoms with Crippen LogP contribution < -0.4 is 0 Å². The highest BCUT2D eigenvalue weighted by atomic mass is 16.3. The van der Waals surface area contributed by atoms with E-state index < -0.39 is 6.85 Å². The second-order valence-corrected chi connectivity index (χ2v) is 20.7. The average molecular weight is 948 g/mol. The summed E-state index contributed by atoms with van der Waals surface area (Å²) in [6.07, 6.45) is 1.90. The van der Waals surface area contributed by atoms with Crippen molar-refractivity contribution >= 4 is 32.8 Å². The van der Waals surface area contributed by atoms with Gasteiger partial charge in [-0.15, -0.1) is 0 Å². The van der Waals surface area contributed by atoms with Gasteiger partial charge in [-0.05, 0) is 118 Å². The maximum absolute atomic E-state index is 12.5. The highest BCUT2D eigenvalue weighted by molar-refractivity contribution is 6.11. The third kappa shape index (κ3) is 8.08. The minimum Gasteiger partial charge on any atom is -0.507 e. The Morgan fingerprint density at radius 3 is 1.89 bits per heavy atom. The van der Waals surface area contributed by atoms with Crippen molar-refractivity contribution in [2.75, 3.05) is 0 Å². The van der Waals surface area contributed by atoms with Crippen LogP contribution in [0.1, 0.15) is 61.0 Å². The molecule has 5 nitrogen and oxygen atoms in total. The number of para-hydroxylation sites is 3. The Hall–Kier alpha value is -8.80. The number of imidazole rings is 1. The molecule has 12 aromatic rings. The van der Waals surface area contributed by atoms with Gasteiger partial charge in [-0.2, -0.15) is 0 Å². The Kier molecular flexibility index (Phi) is 10.2. The summed E-state index contributed by atoms with van der Waals surface area (Å²) in [5.41, 5.74) is 16.6. The smallest absolute Gasteiger partial charge is 0.149 e. The van der Waals surface area contributed by atoms with Crippen LogP contribution in [0, 0.1) is 6.85 Å². The maximum Gasteiger partial charge on any atom is 0.149 e. The molecule has 3 heterocycles. The molecule has 354 valence electrons. The summed E-state index contributed by atoms with van der Waals surface area (Å²) in [6.45, 7) is 8.88. The van der Waals surface area contributed by atoms with Gasteiger partial charge < -0.3 is 9.67 Å². The lowest BCUT2D eigenvalue weighted by Gasteiger charge is -2.26. The number of rotatable bonds is 9. The van der Waals surface area contributed by atoms with E-state index in [9.17, 15) is 5.11 Å². The third-order valence-electron chi connectivity index (χ3n) is 14.7. The summed E-state index contributed by atoms with van der Waals surface area (Å²) in [7, 11) is 0. The third-order valence-corrected chi connectivity index (χ3v) is 14.7. The molecule has 0 unspecified atom stereocenters. The molecule has 1 N–H and O–H groups in total. The van der Waals surface area contributed by atoms with Gasteiger partial charge in [0.1, 0.15) is 11.6 Å². The van der Waals surface area contributed by atoms with E-state index in [1.165, 1.54) is 11.1 Å². The van der Waals surface area contributed by atoms with Crippen LogP contribution >= 0.6 is 0 Å². The molecule has 12 rings (SSSR count). The summed E-state index contributed by atoms with van der Waals surface area (Å²) in [5.74, 6) is 0.570. The quantitative estimate of drug-likeness (QED) is 0.157. The molecular formula is C68H56N4O. The summed E-state index contributed by atoms with van der Waals surface area (Å²) >= 11 is 0. The van der Waals surface area contributed by atoms with Crippen molar-refractivity contribution in [3.05, 3.63) is 247 Å². The molecule has 73 heavy (non-hydrogen) atoms. The molecule has 0 saturated carbocycles. The number of pyridine rings is 1. The van der Waals surface area contributed by atoms with Crippen molar-refractivity contribution in [1.29, 1.82) is 0 Å². The zero-order chi connectivity index (χ0) is 52.5. The number of benzene rings is 9. The van der Waals surface area contributed by atoms with Crippen LogP contribution in [0.4, 0.5) is 0 Å². The predicted molar refractivity (Wildman–Crippen MR) is 304 cm³/mol. The Labute approximate surface area is 431 Å². The molecule has 0 aliphatic heterocycles. The van der Waals surface area contributed by atoms with Gasteiger partial charge in [0, 0.05) is 54.9 Å². The molecule has 0 aliphatic carbocycles. The number of hydrogen-bond donors (Lipinski definition) is 1. The molecule has 0 bridgehead atoms. The standard InChI is InChI=1S/C68H56N4O/c1-44-29-34-61(56(37-44)46-19-10-7-11-20-46)72-62-28-18-26-54(65(62)70-66(72)58-42-57-55-25-16-17-27-60(55)71(63(57)43-64(58)73)53-23-14-9-15-24-53)48-38-49(40-52(39-48)67(2,3)4)59-41-47(35-36-69-59)45-30-32-51(33-31-45)68(5,6)50-21-12-8-13-22-50/h7-43,73H,1-6H3/i1D3. The van der Waals surface area contributed by atoms with Crippen LogP contribution in [-0.2, 0) is 10.8 Å². The van der Waals surface area contributed by atoms with Gasteiger partial charge in [0.15, 0.2) is 0 Å². The van der Waals surface area contributed by atoms with E-state index in [2.05, 4.69) is 177 Å². The summed E-state index contributed by atoms with van der Waals surface area (Å²) in [5, 5.41) is 14.5. The summed E-state index contributed by atoms with van der Waals surface area (Å²) in [6, 6.07) is 74.3. The van der Waals surface area contributed by atoms with E-state index in [1.54, 1.807) is 12.1 Å². The first kappa shape index (κ1) is 41.9. The Bertz CT molecular complexity index is 4150. The van der Waals surface area contributed by atoms with Gasteiger partial charge in [0.25, 0.3) is 0 Å². The molecule has 9 aromatic carbocycles. The van der Waals surface area contributed by atoms with Crippen LogP contribution in [0.25, 0.3) is 100 Å². The molecule has 0 aliphatic rings. The number of hydrogen-bond acceptors (Lipinski definition) is 3. The van der Waals surface area contributed by atoms with Gasteiger partial charge in [0.2, 0.25) is 0 Å². The first-order valence-corrected chi connectivity index (χ1v) is 24.9. The predicted octanol–water partition coefficient (Wildman–Crippen LogP) is 17.5. The van der Waals surface area contributed by atoms with Crippen molar-refractivity contribution in [2.24, 2.45) is 0 Å². The first-order valence-electron chi connectivity index (χ1n) is 26.4. The van der Waals surface area contributed by atoms with Crippen molar-refractivity contribution in [3.63, 3.8) is 0 Å². The second kappa shape index (κ2) is 17.8. The van der Waals surface area contributed by atoms with Crippen molar-refractivity contribution < 1.29 is 9.22 Å².